The number of rotatable bonds is 3. The summed E-state index contributed by atoms with van der Waals surface area (Å²) >= 11 is 1.26. The molecule has 110 valence electrons. The largest absolute Gasteiger partial charge is 0.317 e. The number of nitrogens with one attached hydrogen (secondary N) is 2. The van der Waals surface area contributed by atoms with Crippen LogP contribution in [0.15, 0.2) is 29.8 Å². The standard InChI is InChI=1S/C15H17N3O2S/c1-9(2)11-6-4-5-10(3)12(11)17-13(19)14(20)18-15-16-7-8-21-15/h4-9H,1-3H3,(H,17,19)(H,16,18,20). The maximum atomic E-state index is 12.0. The average molecular weight is 303 g/mol. The number of carbonyl (C=O) groups excluding carboxylic acids is 2. The second kappa shape index (κ2) is 6.49. The van der Waals surface area contributed by atoms with E-state index in [0.717, 1.165) is 11.1 Å². The van der Waals surface area contributed by atoms with Gasteiger partial charge in [0.15, 0.2) is 5.13 Å². The molecule has 0 radical (unpaired) electrons. The number of amides is 2. The topological polar surface area (TPSA) is 71.1 Å². The molecule has 0 atom stereocenters. The summed E-state index contributed by atoms with van der Waals surface area (Å²) in [7, 11) is 0. The second-order valence-electron chi connectivity index (χ2n) is 4.94. The fourth-order valence-corrected chi connectivity index (χ4v) is 2.48. The molecule has 2 rings (SSSR count). The predicted octanol–water partition coefficient (Wildman–Crippen LogP) is 3.15. The van der Waals surface area contributed by atoms with Gasteiger partial charge in [0.1, 0.15) is 0 Å². The van der Waals surface area contributed by atoms with Crippen LogP contribution in [0.5, 0.6) is 0 Å². The highest BCUT2D eigenvalue weighted by molar-refractivity contribution is 7.13. The summed E-state index contributed by atoms with van der Waals surface area (Å²) in [5.41, 5.74) is 2.63. The number of benzene rings is 1. The number of nitrogens with zero attached hydrogens (tertiary/aromatic N) is 1. The fourth-order valence-electron chi connectivity index (χ4n) is 1.95. The van der Waals surface area contributed by atoms with Gasteiger partial charge in [-0.25, -0.2) is 4.98 Å². The normalized spacial score (nSPS) is 10.5. The Morgan fingerprint density at radius 3 is 2.52 bits per heavy atom. The van der Waals surface area contributed by atoms with E-state index in [2.05, 4.69) is 15.6 Å². The lowest BCUT2D eigenvalue weighted by molar-refractivity contribution is -0.133. The Bertz CT molecular complexity index is 651. The molecule has 0 aliphatic rings. The Kier molecular flexibility index (Phi) is 4.70. The van der Waals surface area contributed by atoms with E-state index in [1.54, 1.807) is 11.6 Å². The number of thiazole rings is 1. The molecule has 21 heavy (non-hydrogen) atoms. The molecule has 1 aromatic heterocycles. The van der Waals surface area contributed by atoms with Crippen molar-refractivity contribution in [2.45, 2.75) is 26.7 Å². The Balaban J connectivity index is 2.14. The SMILES string of the molecule is Cc1cccc(C(C)C)c1NC(=O)C(=O)Nc1nccs1. The molecule has 0 aliphatic heterocycles. The van der Waals surface area contributed by atoms with Gasteiger partial charge >= 0.3 is 11.8 Å². The van der Waals surface area contributed by atoms with Crippen LogP contribution in [0.1, 0.15) is 30.9 Å². The van der Waals surface area contributed by atoms with Gasteiger partial charge < -0.3 is 5.32 Å². The molecule has 1 heterocycles. The van der Waals surface area contributed by atoms with Crippen molar-refractivity contribution in [3.8, 4) is 0 Å². The summed E-state index contributed by atoms with van der Waals surface area (Å²) in [5.74, 6) is -1.16. The van der Waals surface area contributed by atoms with E-state index in [0.29, 0.717) is 10.8 Å². The van der Waals surface area contributed by atoms with Crippen molar-refractivity contribution in [2.24, 2.45) is 0 Å². The van der Waals surface area contributed by atoms with Gasteiger partial charge in [0, 0.05) is 17.3 Å². The third-order valence-corrected chi connectivity index (χ3v) is 3.71. The summed E-state index contributed by atoms with van der Waals surface area (Å²) in [5, 5.41) is 7.30. The van der Waals surface area contributed by atoms with Crippen molar-refractivity contribution in [1.29, 1.82) is 0 Å². The maximum absolute atomic E-state index is 12.0. The van der Waals surface area contributed by atoms with Crippen molar-refractivity contribution in [1.82, 2.24) is 4.98 Å². The molecule has 0 unspecified atom stereocenters. The number of hydrogen-bond donors (Lipinski definition) is 2. The van der Waals surface area contributed by atoms with E-state index >= 15 is 0 Å². The molecule has 5 nitrogen and oxygen atoms in total. The second-order valence-corrected chi connectivity index (χ2v) is 5.83. The number of hydrogen-bond acceptors (Lipinski definition) is 4. The molecule has 0 bridgehead atoms. The van der Waals surface area contributed by atoms with Crippen LogP contribution in [0.25, 0.3) is 0 Å². The zero-order chi connectivity index (χ0) is 15.4. The van der Waals surface area contributed by atoms with E-state index < -0.39 is 11.8 Å². The zero-order valence-corrected chi connectivity index (χ0v) is 13.0. The fraction of sp³-hybridized carbons (Fsp3) is 0.267. The first-order chi connectivity index (χ1) is 9.99. The molecule has 6 heteroatoms. The third-order valence-electron chi connectivity index (χ3n) is 3.02. The molecule has 2 N–H and O–H groups in total. The maximum Gasteiger partial charge on any atom is 0.315 e. The number of aryl methyl sites for hydroxylation is 1. The molecule has 0 aliphatic carbocycles. The molecular weight excluding hydrogens is 286 g/mol. The van der Waals surface area contributed by atoms with Gasteiger partial charge in [0.05, 0.1) is 0 Å². The van der Waals surface area contributed by atoms with Crippen molar-refractivity contribution >= 4 is 34.0 Å². The lowest BCUT2D eigenvalue weighted by Crippen LogP contribution is -2.29. The van der Waals surface area contributed by atoms with Gasteiger partial charge in [-0.05, 0) is 24.0 Å². The van der Waals surface area contributed by atoms with Crippen LogP contribution >= 0.6 is 11.3 Å². The summed E-state index contributed by atoms with van der Waals surface area (Å²) in [6, 6.07) is 5.79. The Hall–Kier alpha value is -2.21. The van der Waals surface area contributed by atoms with Gasteiger partial charge in [-0.2, -0.15) is 0 Å². The summed E-state index contributed by atoms with van der Waals surface area (Å²) in [6.45, 7) is 5.99. The van der Waals surface area contributed by atoms with E-state index in [-0.39, 0.29) is 5.92 Å². The molecule has 0 saturated heterocycles. The summed E-state index contributed by atoms with van der Waals surface area (Å²) in [6.07, 6.45) is 1.57. The van der Waals surface area contributed by atoms with Crippen molar-refractivity contribution in [2.75, 3.05) is 10.6 Å². The molecule has 0 saturated carbocycles. The van der Waals surface area contributed by atoms with Gasteiger partial charge in [-0.3, -0.25) is 14.9 Å². The van der Waals surface area contributed by atoms with Crippen molar-refractivity contribution in [3.05, 3.63) is 40.9 Å². The molecular formula is C15H17N3O2S. The Morgan fingerprint density at radius 1 is 1.19 bits per heavy atom. The molecule has 1 aromatic carbocycles. The lowest BCUT2D eigenvalue weighted by atomic mass is 9.98. The van der Waals surface area contributed by atoms with Gasteiger partial charge in [-0.15, -0.1) is 11.3 Å². The van der Waals surface area contributed by atoms with Gasteiger partial charge in [-0.1, -0.05) is 32.0 Å². The Morgan fingerprint density at radius 2 is 1.90 bits per heavy atom. The first kappa shape index (κ1) is 15.2. The highest BCUT2D eigenvalue weighted by atomic mass is 32.1. The minimum absolute atomic E-state index is 0.252. The molecule has 0 fully saturated rings. The smallest absolute Gasteiger partial charge is 0.315 e. The van der Waals surface area contributed by atoms with Crippen LogP contribution in [-0.2, 0) is 9.59 Å². The number of para-hydroxylation sites is 1. The van der Waals surface area contributed by atoms with E-state index in [1.165, 1.54) is 11.3 Å². The van der Waals surface area contributed by atoms with E-state index in [4.69, 9.17) is 0 Å². The van der Waals surface area contributed by atoms with Crippen LogP contribution in [0.4, 0.5) is 10.8 Å². The summed E-state index contributed by atoms with van der Waals surface area (Å²) < 4.78 is 0. The van der Waals surface area contributed by atoms with Crippen molar-refractivity contribution < 1.29 is 9.59 Å². The van der Waals surface area contributed by atoms with E-state index in [1.807, 2.05) is 39.0 Å². The zero-order valence-electron chi connectivity index (χ0n) is 12.1. The third kappa shape index (κ3) is 3.66. The van der Waals surface area contributed by atoms with Crippen LogP contribution in [0.3, 0.4) is 0 Å². The minimum atomic E-state index is -0.720. The molecule has 2 aromatic rings. The Labute approximate surface area is 127 Å². The highest BCUT2D eigenvalue weighted by Gasteiger charge is 2.18. The minimum Gasteiger partial charge on any atom is -0.317 e. The van der Waals surface area contributed by atoms with E-state index in [9.17, 15) is 9.59 Å². The van der Waals surface area contributed by atoms with Crippen LogP contribution in [0.2, 0.25) is 0 Å². The number of aromatic nitrogens is 1. The lowest BCUT2D eigenvalue weighted by Gasteiger charge is -2.16. The predicted molar refractivity (Wildman–Crippen MR) is 84.6 cm³/mol. The average Bonchev–Trinajstić information content (AvgIpc) is 2.93. The van der Waals surface area contributed by atoms with Crippen LogP contribution in [-0.4, -0.2) is 16.8 Å². The monoisotopic (exact) mass is 303 g/mol. The first-order valence-electron chi connectivity index (χ1n) is 6.60. The van der Waals surface area contributed by atoms with Gasteiger partial charge in [0.25, 0.3) is 0 Å². The van der Waals surface area contributed by atoms with Crippen LogP contribution < -0.4 is 10.6 Å². The summed E-state index contributed by atoms with van der Waals surface area (Å²) in [4.78, 5) is 27.8. The first-order valence-corrected chi connectivity index (χ1v) is 7.48. The highest BCUT2D eigenvalue weighted by Crippen LogP contribution is 2.27. The van der Waals surface area contributed by atoms with Crippen molar-refractivity contribution in [3.63, 3.8) is 0 Å². The molecule has 2 amide bonds. The van der Waals surface area contributed by atoms with Gasteiger partial charge in [0.2, 0.25) is 0 Å². The number of anilines is 2. The number of carbonyl (C=O) groups is 2. The quantitative estimate of drug-likeness (QED) is 0.856. The molecule has 0 spiro atoms. The van der Waals surface area contributed by atoms with Crippen LogP contribution in [0, 0.1) is 6.92 Å².